The minimum Gasteiger partial charge on any atom is -0.355 e. The van der Waals surface area contributed by atoms with E-state index in [2.05, 4.69) is 53.7 Å². The van der Waals surface area contributed by atoms with Crippen molar-refractivity contribution in [3.63, 3.8) is 0 Å². The Bertz CT molecular complexity index is 1300. The Morgan fingerprint density at radius 3 is 2.69 bits per heavy atom. The highest BCUT2D eigenvalue weighted by Gasteiger charge is 2.30. The van der Waals surface area contributed by atoms with Crippen LogP contribution >= 0.6 is 11.6 Å². The number of aromatic nitrogens is 6. The van der Waals surface area contributed by atoms with Crippen LogP contribution in [0.1, 0.15) is 36.0 Å². The van der Waals surface area contributed by atoms with Crippen LogP contribution in [0, 0.1) is 0 Å². The molecule has 4 aromatic rings. The van der Waals surface area contributed by atoms with Gasteiger partial charge < -0.3 is 9.47 Å². The third-order valence-electron chi connectivity index (χ3n) is 6.67. The van der Waals surface area contributed by atoms with Crippen molar-refractivity contribution >= 4 is 28.5 Å². The first-order valence-corrected chi connectivity index (χ1v) is 11.4. The predicted octanol–water partition coefficient (Wildman–Crippen LogP) is 3.53. The third-order valence-corrected chi connectivity index (χ3v) is 6.91. The zero-order valence-electron chi connectivity index (χ0n) is 18.2. The maximum Gasteiger partial charge on any atom is 0.156 e. The number of hydrogen-bond acceptors (Lipinski definition) is 6. The van der Waals surface area contributed by atoms with Crippen molar-refractivity contribution < 1.29 is 0 Å². The van der Waals surface area contributed by atoms with E-state index in [9.17, 15) is 0 Å². The molecule has 0 radical (unpaired) electrons. The lowest BCUT2D eigenvalue weighted by atomic mass is 9.95. The summed E-state index contributed by atoms with van der Waals surface area (Å²) in [5.74, 6) is 3.37. The lowest BCUT2D eigenvalue weighted by Gasteiger charge is -2.32. The van der Waals surface area contributed by atoms with Crippen LogP contribution in [0.15, 0.2) is 36.8 Å². The molecule has 0 N–H and O–H groups in total. The molecule has 1 saturated heterocycles. The van der Waals surface area contributed by atoms with Crippen molar-refractivity contribution in [1.82, 2.24) is 34.2 Å². The van der Waals surface area contributed by atoms with Gasteiger partial charge in [-0.15, -0.1) is 10.2 Å². The standard InChI is InChI=1S/C23H25ClN8/c1-29-12-16-11-17(24)3-4-18(16)32-20(13-29)27-28-22(32)15-6-9-31(10-7-15)23-21-19(5-8-25-23)30(2)14-26-21/h3-5,8,11,14-15H,6-7,9-10,12-13H2,1-2H3. The van der Waals surface area contributed by atoms with Crippen LogP contribution in [0.5, 0.6) is 0 Å². The second-order valence-corrected chi connectivity index (χ2v) is 9.31. The van der Waals surface area contributed by atoms with Crippen LogP contribution in [-0.4, -0.2) is 54.3 Å². The molecule has 0 aliphatic carbocycles. The Kier molecular flexibility index (Phi) is 4.66. The van der Waals surface area contributed by atoms with E-state index in [1.807, 2.05) is 36.3 Å². The molecule has 0 bridgehead atoms. The molecule has 1 aromatic carbocycles. The second-order valence-electron chi connectivity index (χ2n) is 8.87. The van der Waals surface area contributed by atoms with Crippen molar-refractivity contribution in [3.8, 4) is 5.69 Å². The number of aryl methyl sites for hydroxylation is 1. The molecule has 0 saturated carbocycles. The van der Waals surface area contributed by atoms with E-state index in [4.69, 9.17) is 11.6 Å². The highest BCUT2D eigenvalue weighted by atomic mass is 35.5. The summed E-state index contributed by atoms with van der Waals surface area (Å²) >= 11 is 6.31. The van der Waals surface area contributed by atoms with E-state index in [0.717, 1.165) is 78.2 Å². The summed E-state index contributed by atoms with van der Waals surface area (Å²) in [5, 5.41) is 10.0. The zero-order chi connectivity index (χ0) is 21.8. The number of halogens is 1. The van der Waals surface area contributed by atoms with Crippen molar-refractivity contribution in [3.05, 3.63) is 59.0 Å². The van der Waals surface area contributed by atoms with Crippen LogP contribution in [0.25, 0.3) is 16.7 Å². The van der Waals surface area contributed by atoms with E-state index >= 15 is 0 Å². The normalized spacial score (nSPS) is 17.4. The van der Waals surface area contributed by atoms with Gasteiger partial charge in [0.05, 0.1) is 24.1 Å². The summed E-state index contributed by atoms with van der Waals surface area (Å²) < 4.78 is 4.31. The summed E-state index contributed by atoms with van der Waals surface area (Å²) in [5.41, 5.74) is 4.44. The van der Waals surface area contributed by atoms with E-state index < -0.39 is 0 Å². The Morgan fingerprint density at radius 2 is 1.84 bits per heavy atom. The van der Waals surface area contributed by atoms with Gasteiger partial charge in [0.2, 0.25) is 0 Å². The molecule has 2 aliphatic rings. The molecule has 0 spiro atoms. The number of rotatable bonds is 2. The number of fused-ring (bicyclic) bond motifs is 4. The molecule has 6 rings (SSSR count). The SMILES string of the molecule is CN1Cc2cc(Cl)ccc2-n2c(nnc2C2CCN(c3nccc4c3ncn4C)CC2)C1. The number of hydrogen-bond donors (Lipinski definition) is 0. The average Bonchev–Trinajstić information content (AvgIpc) is 3.34. The van der Waals surface area contributed by atoms with E-state index in [-0.39, 0.29) is 0 Å². The maximum absolute atomic E-state index is 6.31. The summed E-state index contributed by atoms with van der Waals surface area (Å²) in [6.45, 7) is 3.45. The Hall–Kier alpha value is -2.97. The third kappa shape index (κ3) is 3.17. The van der Waals surface area contributed by atoms with Gasteiger partial charge in [-0.1, -0.05) is 11.6 Å². The first-order valence-electron chi connectivity index (χ1n) is 11.0. The van der Waals surface area contributed by atoms with E-state index in [1.165, 1.54) is 5.56 Å². The van der Waals surface area contributed by atoms with Gasteiger partial charge in [0.1, 0.15) is 11.3 Å². The molecule has 32 heavy (non-hydrogen) atoms. The second kappa shape index (κ2) is 7.56. The molecular formula is C23H25ClN8. The monoisotopic (exact) mass is 448 g/mol. The number of imidazole rings is 1. The predicted molar refractivity (Wildman–Crippen MR) is 124 cm³/mol. The van der Waals surface area contributed by atoms with Crippen LogP contribution in [0.4, 0.5) is 5.82 Å². The first-order chi connectivity index (χ1) is 15.6. The van der Waals surface area contributed by atoms with Gasteiger partial charge in [-0.05, 0) is 49.7 Å². The molecule has 2 aliphatic heterocycles. The fourth-order valence-electron chi connectivity index (χ4n) is 5.08. The number of nitrogens with zero attached hydrogens (tertiary/aromatic N) is 8. The molecule has 9 heteroatoms. The lowest BCUT2D eigenvalue weighted by molar-refractivity contribution is 0.315. The minimum atomic E-state index is 0.349. The van der Waals surface area contributed by atoms with Crippen LogP contribution in [0.3, 0.4) is 0 Å². The smallest absolute Gasteiger partial charge is 0.156 e. The van der Waals surface area contributed by atoms with Gasteiger partial charge in [0.25, 0.3) is 0 Å². The summed E-state index contributed by atoms with van der Waals surface area (Å²) in [6.07, 6.45) is 5.74. The molecule has 0 unspecified atom stereocenters. The van der Waals surface area contributed by atoms with Gasteiger partial charge >= 0.3 is 0 Å². The first kappa shape index (κ1) is 19.7. The van der Waals surface area contributed by atoms with Gasteiger partial charge in [0, 0.05) is 43.8 Å². The number of benzene rings is 1. The van der Waals surface area contributed by atoms with Crippen LogP contribution < -0.4 is 4.90 Å². The number of anilines is 1. The molecule has 8 nitrogen and oxygen atoms in total. The Labute approximate surface area is 191 Å². The maximum atomic E-state index is 6.31. The molecule has 164 valence electrons. The number of piperidine rings is 1. The van der Waals surface area contributed by atoms with Crippen molar-refractivity contribution in [2.45, 2.75) is 31.8 Å². The zero-order valence-corrected chi connectivity index (χ0v) is 19.0. The quantitative estimate of drug-likeness (QED) is 0.467. The molecule has 3 aromatic heterocycles. The fraction of sp³-hybridized carbons (Fsp3) is 0.391. The van der Waals surface area contributed by atoms with Crippen LogP contribution in [-0.2, 0) is 20.1 Å². The van der Waals surface area contributed by atoms with E-state index in [0.29, 0.717) is 5.92 Å². The van der Waals surface area contributed by atoms with Crippen molar-refractivity contribution in [2.75, 3.05) is 25.0 Å². The largest absolute Gasteiger partial charge is 0.355 e. The van der Waals surface area contributed by atoms with E-state index in [1.54, 1.807) is 0 Å². The number of pyridine rings is 1. The highest BCUT2D eigenvalue weighted by Crippen LogP contribution is 2.35. The molecule has 1 fully saturated rings. The lowest BCUT2D eigenvalue weighted by Crippen LogP contribution is -2.34. The molecular weight excluding hydrogens is 424 g/mol. The minimum absolute atomic E-state index is 0.349. The topological polar surface area (TPSA) is 67.9 Å². The van der Waals surface area contributed by atoms with Crippen molar-refractivity contribution in [2.24, 2.45) is 7.05 Å². The van der Waals surface area contributed by atoms with Gasteiger partial charge in [-0.25, -0.2) is 9.97 Å². The van der Waals surface area contributed by atoms with Crippen LogP contribution in [0.2, 0.25) is 5.02 Å². The summed E-state index contributed by atoms with van der Waals surface area (Å²) in [4.78, 5) is 13.9. The average molecular weight is 449 g/mol. The molecule has 5 heterocycles. The Morgan fingerprint density at radius 1 is 1.00 bits per heavy atom. The Balaban J connectivity index is 1.30. The fourth-order valence-corrected chi connectivity index (χ4v) is 5.27. The van der Waals surface area contributed by atoms with Gasteiger partial charge in [0.15, 0.2) is 11.6 Å². The highest BCUT2D eigenvalue weighted by molar-refractivity contribution is 6.30. The molecule has 0 atom stereocenters. The molecule has 0 amide bonds. The summed E-state index contributed by atoms with van der Waals surface area (Å²) in [7, 11) is 4.13. The summed E-state index contributed by atoms with van der Waals surface area (Å²) in [6, 6.07) is 8.15. The van der Waals surface area contributed by atoms with Crippen molar-refractivity contribution in [1.29, 1.82) is 0 Å². The van der Waals surface area contributed by atoms with Gasteiger partial charge in [-0.3, -0.25) is 9.47 Å². The van der Waals surface area contributed by atoms with Gasteiger partial charge in [-0.2, -0.15) is 0 Å².